The van der Waals surface area contributed by atoms with Crippen molar-refractivity contribution < 1.29 is 13.9 Å². The van der Waals surface area contributed by atoms with Crippen molar-refractivity contribution in [1.29, 1.82) is 0 Å². The van der Waals surface area contributed by atoms with Gasteiger partial charge in [-0.2, -0.15) is 0 Å². The summed E-state index contributed by atoms with van der Waals surface area (Å²) in [5, 5.41) is 3.39. The lowest BCUT2D eigenvalue weighted by atomic mass is 10.1. The molecular formula is C21H26FN3O2. The van der Waals surface area contributed by atoms with E-state index in [1.54, 1.807) is 24.4 Å². The number of ether oxygens (including phenoxy) is 1. The minimum atomic E-state index is -0.412. The highest BCUT2D eigenvalue weighted by atomic mass is 19.1. The Morgan fingerprint density at radius 3 is 2.85 bits per heavy atom. The fourth-order valence-corrected chi connectivity index (χ4v) is 3.35. The number of nitrogens with zero attached hydrogens (tertiary/aromatic N) is 2. The van der Waals surface area contributed by atoms with Crippen molar-refractivity contribution in [2.24, 2.45) is 0 Å². The second-order valence-electron chi connectivity index (χ2n) is 6.71. The van der Waals surface area contributed by atoms with Gasteiger partial charge >= 0.3 is 0 Å². The van der Waals surface area contributed by atoms with Crippen LogP contribution in [0.25, 0.3) is 0 Å². The van der Waals surface area contributed by atoms with Crippen molar-refractivity contribution in [3.8, 4) is 5.75 Å². The average Bonchev–Trinajstić information content (AvgIpc) is 2.97. The molecule has 0 radical (unpaired) electrons. The van der Waals surface area contributed by atoms with Crippen LogP contribution in [0.15, 0.2) is 48.7 Å². The maximum atomic E-state index is 13.7. The zero-order valence-electron chi connectivity index (χ0n) is 15.4. The minimum absolute atomic E-state index is 0.0175. The summed E-state index contributed by atoms with van der Waals surface area (Å²) in [6, 6.07) is 12.2. The van der Waals surface area contributed by atoms with E-state index in [4.69, 9.17) is 4.74 Å². The van der Waals surface area contributed by atoms with Crippen LogP contribution in [0.1, 0.15) is 31.4 Å². The fraction of sp³-hybridized carbons (Fsp3) is 0.429. The standard InChI is InChI=1S/C21H26FN3O2/c22-19-8-1-2-9-20(19)27-15-11-21(26)25(16-17-6-3-4-13-24-17)18-7-5-12-23-14-10-18/h1-4,6,8-9,13,18,23H,5,7,10-12,14-16H2. The molecule has 27 heavy (non-hydrogen) atoms. The monoisotopic (exact) mass is 371 g/mol. The predicted molar refractivity (Wildman–Crippen MR) is 102 cm³/mol. The molecule has 0 spiro atoms. The zero-order valence-corrected chi connectivity index (χ0v) is 15.4. The number of hydrogen-bond acceptors (Lipinski definition) is 4. The van der Waals surface area contributed by atoms with Gasteiger partial charge in [-0.25, -0.2) is 4.39 Å². The molecule has 2 aromatic rings. The van der Waals surface area contributed by atoms with Gasteiger partial charge in [0.15, 0.2) is 11.6 Å². The Labute approximate surface area is 159 Å². The van der Waals surface area contributed by atoms with Crippen molar-refractivity contribution in [1.82, 2.24) is 15.2 Å². The van der Waals surface area contributed by atoms with Crippen LogP contribution in [0, 0.1) is 5.82 Å². The van der Waals surface area contributed by atoms with Crippen LogP contribution in [0.4, 0.5) is 4.39 Å². The normalized spacial score (nSPS) is 17.1. The van der Waals surface area contributed by atoms with E-state index in [1.165, 1.54) is 6.07 Å². The molecule has 1 aliphatic heterocycles. The molecule has 0 saturated carbocycles. The van der Waals surface area contributed by atoms with Gasteiger partial charge in [-0.3, -0.25) is 9.78 Å². The van der Waals surface area contributed by atoms with Crippen LogP contribution >= 0.6 is 0 Å². The van der Waals surface area contributed by atoms with Crippen LogP contribution < -0.4 is 10.1 Å². The number of aromatic nitrogens is 1. The minimum Gasteiger partial charge on any atom is -0.490 e. The van der Waals surface area contributed by atoms with E-state index in [9.17, 15) is 9.18 Å². The number of rotatable bonds is 7. The first kappa shape index (κ1) is 19.3. The van der Waals surface area contributed by atoms with E-state index in [0.29, 0.717) is 6.54 Å². The van der Waals surface area contributed by atoms with Crippen LogP contribution in [-0.4, -0.2) is 41.5 Å². The van der Waals surface area contributed by atoms with Gasteiger partial charge in [0.25, 0.3) is 0 Å². The van der Waals surface area contributed by atoms with Gasteiger partial charge in [0.2, 0.25) is 5.91 Å². The number of halogens is 1. The number of carbonyl (C=O) groups is 1. The number of hydrogen-bond donors (Lipinski definition) is 1. The van der Waals surface area contributed by atoms with E-state index in [-0.39, 0.29) is 30.7 Å². The van der Waals surface area contributed by atoms with E-state index in [2.05, 4.69) is 10.3 Å². The maximum Gasteiger partial charge on any atom is 0.226 e. The highest BCUT2D eigenvalue weighted by Gasteiger charge is 2.25. The Bertz CT molecular complexity index is 718. The van der Waals surface area contributed by atoms with Gasteiger partial charge in [0, 0.05) is 12.2 Å². The van der Waals surface area contributed by atoms with Crippen LogP contribution in [0.3, 0.4) is 0 Å². The molecule has 6 heteroatoms. The summed E-state index contributed by atoms with van der Waals surface area (Å²) in [6.45, 7) is 2.54. The number of pyridine rings is 1. The first-order chi connectivity index (χ1) is 13.2. The molecule has 1 atom stereocenters. The lowest BCUT2D eigenvalue weighted by molar-refractivity contribution is -0.135. The van der Waals surface area contributed by atoms with Crippen LogP contribution in [0.5, 0.6) is 5.75 Å². The first-order valence-electron chi connectivity index (χ1n) is 9.51. The lowest BCUT2D eigenvalue weighted by Gasteiger charge is -2.31. The molecule has 1 unspecified atom stereocenters. The summed E-state index contributed by atoms with van der Waals surface area (Å²) in [5.41, 5.74) is 0.873. The molecule has 5 nitrogen and oxygen atoms in total. The Kier molecular flexibility index (Phi) is 7.16. The Morgan fingerprint density at radius 2 is 2.04 bits per heavy atom. The zero-order chi connectivity index (χ0) is 18.9. The molecule has 1 aliphatic rings. The van der Waals surface area contributed by atoms with Crippen molar-refractivity contribution in [2.75, 3.05) is 19.7 Å². The summed E-state index contributed by atoms with van der Waals surface area (Å²) < 4.78 is 19.1. The predicted octanol–water partition coefficient (Wildman–Crippen LogP) is 3.16. The van der Waals surface area contributed by atoms with Gasteiger partial charge in [-0.05, 0) is 56.6 Å². The topological polar surface area (TPSA) is 54.5 Å². The molecule has 1 aromatic heterocycles. The molecule has 1 N–H and O–H groups in total. The Morgan fingerprint density at radius 1 is 1.19 bits per heavy atom. The summed E-state index contributed by atoms with van der Waals surface area (Å²) in [4.78, 5) is 19.2. The molecular weight excluding hydrogens is 345 g/mol. The summed E-state index contributed by atoms with van der Waals surface area (Å²) in [5.74, 6) is -0.214. The summed E-state index contributed by atoms with van der Waals surface area (Å²) >= 11 is 0. The van der Waals surface area contributed by atoms with Crippen molar-refractivity contribution in [3.63, 3.8) is 0 Å². The third-order valence-electron chi connectivity index (χ3n) is 4.77. The number of carbonyl (C=O) groups excluding carboxylic acids is 1. The first-order valence-corrected chi connectivity index (χ1v) is 9.51. The largest absolute Gasteiger partial charge is 0.490 e. The number of benzene rings is 1. The van der Waals surface area contributed by atoms with E-state index >= 15 is 0 Å². The molecule has 0 aliphatic carbocycles. The SMILES string of the molecule is O=C(CCOc1ccccc1F)N(Cc1ccccn1)C1CCCNCC1. The Hall–Kier alpha value is -2.47. The summed E-state index contributed by atoms with van der Waals surface area (Å²) in [6.07, 6.45) is 4.90. The van der Waals surface area contributed by atoms with Crippen LogP contribution in [-0.2, 0) is 11.3 Å². The molecule has 144 valence electrons. The summed E-state index contributed by atoms with van der Waals surface area (Å²) in [7, 11) is 0. The number of amides is 1. The van der Waals surface area contributed by atoms with Crippen molar-refractivity contribution in [3.05, 3.63) is 60.2 Å². The number of nitrogens with one attached hydrogen (secondary N) is 1. The molecule has 3 rings (SSSR count). The van der Waals surface area contributed by atoms with Gasteiger partial charge in [0.1, 0.15) is 0 Å². The van der Waals surface area contributed by atoms with Gasteiger partial charge in [-0.15, -0.1) is 0 Å². The lowest BCUT2D eigenvalue weighted by Crippen LogP contribution is -2.41. The molecule has 2 heterocycles. The third kappa shape index (κ3) is 5.76. The molecule has 0 bridgehead atoms. The van der Waals surface area contributed by atoms with E-state index in [0.717, 1.165) is 38.0 Å². The van der Waals surface area contributed by atoms with Crippen molar-refractivity contribution >= 4 is 5.91 Å². The van der Waals surface area contributed by atoms with Gasteiger partial charge in [0.05, 0.1) is 25.3 Å². The second-order valence-corrected chi connectivity index (χ2v) is 6.71. The number of para-hydroxylation sites is 1. The van der Waals surface area contributed by atoms with E-state index in [1.807, 2.05) is 23.1 Å². The maximum absolute atomic E-state index is 13.7. The van der Waals surface area contributed by atoms with E-state index < -0.39 is 5.82 Å². The third-order valence-corrected chi connectivity index (χ3v) is 4.77. The quantitative estimate of drug-likeness (QED) is 0.812. The average molecular weight is 371 g/mol. The second kappa shape index (κ2) is 10.0. The molecule has 1 fully saturated rings. The van der Waals surface area contributed by atoms with Gasteiger partial charge < -0.3 is 15.0 Å². The fourth-order valence-electron chi connectivity index (χ4n) is 3.35. The smallest absolute Gasteiger partial charge is 0.226 e. The van der Waals surface area contributed by atoms with Crippen molar-refractivity contribution in [2.45, 2.75) is 38.3 Å². The molecule has 1 amide bonds. The highest BCUT2D eigenvalue weighted by Crippen LogP contribution is 2.19. The van der Waals surface area contributed by atoms with Crippen LogP contribution in [0.2, 0.25) is 0 Å². The Balaban J connectivity index is 1.63. The van der Waals surface area contributed by atoms with Gasteiger partial charge in [-0.1, -0.05) is 18.2 Å². The molecule has 1 aromatic carbocycles. The highest BCUT2D eigenvalue weighted by molar-refractivity contribution is 5.76. The molecule has 1 saturated heterocycles.